The number of hydrogen-bond acceptors (Lipinski definition) is 10. The number of aromatic nitrogens is 3. The van der Waals surface area contributed by atoms with Crippen molar-refractivity contribution in [3.05, 3.63) is 35.6 Å². The molecule has 1 aromatic carbocycles. The fourth-order valence-corrected chi connectivity index (χ4v) is 4.41. The normalized spacial score (nSPS) is 27.3. The molecule has 1 unspecified atom stereocenters. The number of hydrogen-bond donors (Lipinski definition) is 5. The molecule has 3 heterocycles. The van der Waals surface area contributed by atoms with E-state index in [9.17, 15) is 4.39 Å². The molecule has 0 spiro atoms. The third-order valence-electron chi connectivity index (χ3n) is 5.92. The van der Waals surface area contributed by atoms with Crippen LogP contribution in [0.1, 0.15) is 31.4 Å². The molecule has 0 bridgehead atoms. The van der Waals surface area contributed by atoms with Crippen molar-refractivity contribution in [2.24, 2.45) is 22.9 Å². The molecule has 10 nitrogen and oxygen atoms in total. The van der Waals surface area contributed by atoms with E-state index in [4.69, 9.17) is 27.9 Å². The van der Waals surface area contributed by atoms with Crippen LogP contribution in [0.3, 0.4) is 0 Å². The van der Waals surface area contributed by atoms with E-state index in [1.165, 1.54) is 12.1 Å². The number of anilines is 3. The summed E-state index contributed by atoms with van der Waals surface area (Å²) < 4.78 is 13.3. The Kier molecular flexibility index (Phi) is 6.70. The first-order valence-electron chi connectivity index (χ1n) is 11.1. The second kappa shape index (κ2) is 9.49. The van der Waals surface area contributed by atoms with E-state index in [-0.39, 0.29) is 36.0 Å². The van der Waals surface area contributed by atoms with Gasteiger partial charge in [0.2, 0.25) is 17.8 Å². The van der Waals surface area contributed by atoms with E-state index in [1.807, 2.05) is 16.7 Å². The van der Waals surface area contributed by atoms with Gasteiger partial charge in [0.05, 0.1) is 6.04 Å². The van der Waals surface area contributed by atoms with E-state index in [1.54, 1.807) is 12.1 Å². The van der Waals surface area contributed by atoms with Crippen LogP contribution in [0.4, 0.5) is 22.2 Å². The fourth-order valence-electron chi connectivity index (χ4n) is 4.41. The number of benzene rings is 1. The van der Waals surface area contributed by atoms with E-state index in [2.05, 4.69) is 15.3 Å². The minimum absolute atomic E-state index is 0.0506. The zero-order chi connectivity index (χ0) is 22.8. The number of nitrogens with zero attached hydrogens (tertiary/aromatic N) is 5. The molecule has 2 fully saturated rings. The summed E-state index contributed by atoms with van der Waals surface area (Å²) in [4.78, 5) is 18.1. The van der Waals surface area contributed by atoms with Crippen LogP contribution >= 0.6 is 0 Å². The fraction of sp³-hybridized carbons (Fsp3) is 0.571. The molecule has 2 aliphatic rings. The Bertz CT molecular complexity index is 846. The lowest BCUT2D eigenvalue weighted by Gasteiger charge is -2.37. The molecule has 32 heavy (non-hydrogen) atoms. The maximum atomic E-state index is 13.3. The average molecular weight is 445 g/mol. The lowest BCUT2D eigenvalue weighted by molar-refractivity contribution is 0.441. The van der Waals surface area contributed by atoms with Crippen LogP contribution in [-0.4, -0.2) is 65.3 Å². The Hall–Kier alpha value is -2.60. The van der Waals surface area contributed by atoms with Crippen molar-refractivity contribution in [3.63, 3.8) is 0 Å². The molecule has 2 aromatic rings. The highest BCUT2D eigenvalue weighted by Gasteiger charge is 2.29. The van der Waals surface area contributed by atoms with Crippen LogP contribution in [0.5, 0.6) is 0 Å². The first kappa shape index (κ1) is 22.6. The summed E-state index contributed by atoms with van der Waals surface area (Å²) in [5, 5.41) is 3.32. The predicted molar refractivity (Wildman–Crippen MR) is 124 cm³/mol. The summed E-state index contributed by atoms with van der Waals surface area (Å²) in [5.74, 6) is 1.17. The molecule has 2 saturated heterocycles. The maximum Gasteiger partial charge on any atom is 0.232 e. The molecule has 4 rings (SSSR count). The highest BCUT2D eigenvalue weighted by atomic mass is 19.1. The van der Waals surface area contributed by atoms with Crippen LogP contribution in [0, 0.1) is 5.82 Å². The van der Waals surface area contributed by atoms with Gasteiger partial charge < -0.3 is 38.1 Å². The topological polar surface area (TPSA) is 161 Å². The van der Waals surface area contributed by atoms with Crippen molar-refractivity contribution in [2.45, 2.75) is 50.0 Å². The van der Waals surface area contributed by atoms with Gasteiger partial charge >= 0.3 is 0 Å². The minimum atomic E-state index is -0.277. The van der Waals surface area contributed by atoms with Gasteiger partial charge in [0.15, 0.2) is 0 Å². The zero-order valence-electron chi connectivity index (χ0n) is 18.4. The average Bonchev–Trinajstić information content (AvgIpc) is 2.72. The number of nitrogens with one attached hydrogen (secondary N) is 1. The van der Waals surface area contributed by atoms with Gasteiger partial charge in [-0.2, -0.15) is 15.0 Å². The lowest BCUT2D eigenvalue weighted by Crippen LogP contribution is -2.54. The van der Waals surface area contributed by atoms with Crippen molar-refractivity contribution in [2.75, 3.05) is 41.3 Å². The summed E-state index contributed by atoms with van der Waals surface area (Å²) in [6.45, 7) is 4.42. The summed E-state index contributed by atoms with van der Waals surface area (Å²) in [7, 11) is 0. The molecule has 174 valence electrons. The Labute approximate surface area is 187 Å². The standard InChI is InChI=1S/C21H33FN10/c1-12(13-2-4-14(22)5-3-13)27-19-28-20(31-8-15(23)6-16(24)9-31)30-21(29-19)32-10-17(25)7-18(26)11-32/h2-5,12,15-18H,6-11,23-26H2,1H3,(H,27,28,29,30)/t12?,15-,16+,17-,18+. The largest absolute Gasteiger partial charge is 0.348 e. The SMILES string of the molecule is CC(Nc1nc(N2C[C@H](N)C[C@H](N)C2)nc(N2C[C@H](N)C[C@H](N)C2)n1)c1ccc(F)cc1. The first-order chi connectivity index (χ1) is 15.3. The lowest BCUT2D eigenvalue weighted by atomic mass is 10.0. The van der Waals surface area contributed by atoms with Gasteiger partial charge in [-0.25, -0.2) is 4.39 Å². The maximum absolute atomic E-state index is 13.3. The molecule has 0 aliphatic carbocycles. The summed E-state index contributed by atoms with van der Waals surface area (Å²) in [5.41, 5.74) is 25.7. The Morgan fingerprint density at radius 1 is 0.812 bits per heavy atom. The van der Waals surface area contributed by atoms with Crippen LogP contribution < -0.4 is 38.1 Å². The Balaban J connectivity index is 1.64. The molecule has 11 heteroatoms. The highest BCUT2D eigenvalue weighted by molar-refractivity contribution is 5.47. The second-order valence-corrected chi connectivity index (χ2v) is 9.00. The molecule has 1 aromatic heterocycles. The third-order valence-corrected chi connectivity index (χ3v) is 5.92. The van der Waals surface area contributed by atoms with E-state index < -0.39 is 0 Å². The van der Waals surface area contributed by atoms with Crippen LogP contribution in [0.25, 0.3) is 0 Å². The van der Waals surface area contributed by atoms with Gasteiger partial charge in [0.25, 0.3) is 0 Å². The number of halogens is 1. The smallest absolute Gasteiger partial charge is 0.232 e. The van der Waals surface area contributed by atoms with Crippen molar-refractivity contribution in [1.82, 2.24) is 15.0 Å². The van der Waals surface area contributed by atoms with E-state index in [0.29, 0.717) is 44.0 Å². The van der Waals surface area contributed by atoms with Crippen molar-refractivity contribution in [1.29, 1.82) is 0 Å². The van der Waals surface area contributed by atoms with Crippen molar-refractivity contribution in [3.8, 4) is 0 Å². The van der Waals surface area contributed by atoms with Crippen LogP contribution in [0.2, 0.25) is 0 Å². The molecule has 9 N–H and O–H groups in total. The van der Waals surface area contributed by atoms with E-state index in [0.717, 1.165) is 18.4 Å². The summed E-state index contributed by atoms with van der Waals surface area (Å²) in [6, 6.07) is 6.00. The van der Waals surface area contributed by atoms with Crippen molar-refractivity contribution < 1.29 is 4.39 Å². The molecule has 0 amide bonds. The summed E-state index contributed by atoms with van der Waals surface area (Å²) >= 11 is 0. The molecule has 2 aliphatic heterocycles. The van der Waals surface area contributed by atoms with Gasteiger partial charge in [-0.15, -0.1) is 0 Å². The first-order valence-corrected chi connectivity index (χ1v) is 11.1. The van der Waals surface area contributed by atoms with Crippen LogP contribution in [-0.2, 0) is 0 Å². The molecule has 5 atom stereocenters. The second-order valence-electron chi connectivity index (χ2n) is 9.00. The monoisotopic (exact) mass is 444 g/mol. The quantitative estimate of drug-likeness (QED) is 0.421. The molecular weight excluding hydrogens is 411 g/mol. The predicted octanol–water partition coefficient (Wildman–Crippen LogP) is -0.0868. The molecular formula is C21H33FN10. The minimum Gasteiger partial charge on any atom is -0.348 e. The van der Waals surface area contributed by atoms with Gasteiger partial charge in [-0.1, -0.05) is 12.1 Å². The molecule has 0 radical (unpaired) electrons. The zero-order valence-corrected chi connectivity index (χ0v) is 18.4. The Morgan fingerprint density at radius 2 is 1.25 bits per heavy atom. The number of piperidine rings is 2. The van der Waals surface area contributed by atoms with Gasteiger partial charge in [0.1, 0.15) is 5.82 Å². The van der Waals surface area contributed by atoms with Crippen molar-refractivity contribution >= 4 is 17.8 Å². The molecule has 0 saturated carbocycles. The number of rotatable bonds is 5. The Morgan fingerprint density at radius 3 is 1.69 bits per heavy atom. The number of nitrogens with two attached hydrogens (primary N) is 4. The van der Waals surface area contributed by atoms with Crippen LogP contribution in [0.15, 0.2) is 24.3 Å². The third kappa shape index (κ3) is 5.41. The summed E-state index contributed by atoms with van der Waals surface area (Å²) in [6.07, 6.45) is 1.52. The highest BCUT2D eigenvalue weighted by Crippen LogP contribution is 2.24. The van der Waals surface area contributed by atoms with E-state index >= 15 is 0 Å². The van der Waals surface area contributed by atoms with Gasteiger partial charge in [-0.3, -0.25) is 0 Å². The van der Waals surface area contributed by atoms with Gasteiger partial charge in [0, 0.05) is 50.3 Å². The van der Waals surface area contributed by atoms with Gasteiger partial charge in [-0.05, 0) is 37.5 Å².